The van der Waals surface area contributed by atoms with Gasteiger partial charge < -0.3 is 18.9 Å². The number of fused-ring (bicyclic) bond motifs is 4. The third-order valence-electron chi connectivity index (χ3n) is 10.7. The molecule has 2 spiro atoms. The molecule has 0 amide bonds. The summed E-state index contributed by atoms with van der Waals surface area (Å²) in [6.07, 6.45) is 12.4. The van der Waals surface area contributed by atoms with E-state index in [1.54, 1.807) is 12.4 Å². The first kappa shape index (κ1) is 27.1. The van der Waals surface area contributed by atoms with Gasteiger partial charge in [-0.3, -0.25) is 9.69 Å². The maximum atomic E-state index is 13.3. The van der Waals surface area contributed by atoms with Crippen molar-refractivity contribution in [3.8, 4) is 17.4 Å². The average molecular weight is 586 g/mol. The predicted molar refractivity (Wildman–Crippen MR) is 157 cm³/mol. The largest absolute Gasteiger partial charge is 0.473 e. The molecule has 226 valence electrons. The molecule has 2 aliphatic carbocycles. The summed E-state index contributed by atoms with van der Waals surface area (Å²) in [4.78, 5) is 37.5. The molecule has 8 rings (SSSR count). The highest BCUT2D eigenvalue weighted by Crippen LogP contribution is 2.50. The van der Waals surface area contributed by atoms with Crippen molar-refractivity contribution in [2.24, 2.45) is 0 Å². The van der Waals surface area contributed by atoms with E-state index in [9.17, 15) is 4.79 Å². The Morgan fingerprint density at radius 2 is 1.91 bits per heavy atom. The molecule has 3 aromatic rings. The van der Waals surface area contributed by atoms with Crippen LogP contribution in [0.1, 0.15) is 87.3 Å². The van der Waals surface area contributed by atoms with Crippen molar-refractivity contribution in [3.63, 3.8) is 0 Å². The van der Waals surface area contributed by atoms with Gasteiger partial charge in [-0.05, 0) is 71.5 Å². The van der Waals surface area contributed by atoms with E-state index in [-0.39, 0.29) is 11.9 Å². The molecule has 3 aromatic heterocycles. The van der Waals surface area contributed by atoms with Crippen molar-refractivity contribution in [1.29, 1.82) is 0 Å². The first-order chi connectivity index (χ1) is 21.0. The maximum Gasteiger partial charge on any atom is 0.226 e. The molecular formula is C32H39N7O4. The van der Waals surface area contributed by atoms with E-state index in [0.29, 0.717) is 55.6 Å². The topological polar surface area (TPSA) is 120 Å². The molecule has 4 atom stereocenters. The summed E-state index contributed by atoms with van der Waals surface area (Å²) in [7, 11) is 2.16. The van der Waals surface area contributed by atoms with Crippen LogP contribution in [0.5, 0.6) is 5.88 Å². The molecule has 3 aliphatic heterocycles. The molecule has 2 saturated heterocycles. The number of nitrogens with zero attached hydrogens (tertiary/aromatic N) is 7. The third-order valence-corrected chi connectivity index (χ3v) is 10.7. The number of hydrogen-bond donors (Lipinski definition) is 0. The lowest BCUT2D eigenvalue weighted by atomic mass is 9.64. The van der Waals surface area contributed by atoms with E-state index in [1.165, 1.54) is 0 Å². The summed E-state index contributed by atoms with van der Waals surface area (Å²) in [6, 6.07) is 2.14. The van der Waals surface area contributed by atoms with Crippen LogP contribution < -0.4 is 9.64 Å². The Balaban J connectivity index is 1.27. The van der Waals surface area contributed by atoms with Gasteiger partial charge in [-0.25, -0.2) is 15.0 Å². The second kappa shape index (κ2) is 10.3. The van der Waals surface area contributed by atoms with Gasteiger partial charge in [0.15, 0.2) is 17.3 Å². The van der Waals surface area contributed by atoms with Crippen molar-refractivity contribution >= 4 is 11.7 Å². The van der Waals surface area contributed by atoms with Crippen molar-refractivity contribution in [2.75, 3.05) is 31.7 Å². The highest BCUT2D eigenvalue weighted by molar-refractivity contribution is 5.91. The fourth-order valence-electron chi connectivity index (χ4n) is 8.43. The lowest BCUT2D eigenvalue weighted by Crippen LogP contribution is -2.43. The molecule has 3 fully saturated rings. The zero-order valence-corrected chi connectivity index (χ0v) is 25.0. The smallest absolute Gasteiger partial charge is 0.226 e. The van der Waals surface area contributed by atoms with Crippen molar-refractivity contribution in [1.82, 2.24) is 30.0 Å². The van der Waals surface area contributed by atoms with Gasteiger partial charge in [-0.1, -0.05) is 11.6 Å². The number of ketones is 1. The molecule has 0 radical (unpaired) electrons. The molecule has 6 heterocycles. The standard InChI is InChI=1S/C32H39N7O4/c1-20(23-9-6-16-38(23)2)42-29-22-18-39(30-33-14-7-15-34-30)32(13-17-41-19-32)26(22)35-28(36-29)25-21-8-5-12-31(27(21)43-37-25)11-4-3-10-24(31)40/h7,14-15,20,23H,3-6,8-13,16-19H2,1-2H3/t20-,23-,31+,32?/m0/s1. The Morgan fingerprint density at radius 1 is 1.05 bits per heavy atom. The molecule has 1 saturated carbocycles. The Labute approximate surface area is 251 Å². The minimum atomic E-state index is -0.559. The zero-order chi connectivity index (χ0) is 29.2. The second-order valence-electron chi connectivity index (χ2n) is 13.1. The third kappa shape index (κ3) is 4.14. The molecule has 1 unspecified atom stereocenters. The van der Waals surface area contributed by atoms with E-state index in [0.717, 1.165) is 86.9 Å². The Kier molecular flexibility index (Phi) is 6.52. The lowest BCUT2D eigenvalue weighted by molar-refractivity contribution is -0.128. The van der Waals surface area contributed by atoms with E-state index < -0.39 is 11.0 Å². The van der Waals surface area contributed by atoms with E-state index in [1.807, 2.05) is 6.07 Å². The number of likely N-dealkylation sites (N-methyl/N-ethyl adjacent to an activating group) is 1. The van der Waals surface area contributed by atoms with E-state index in [4.69, 9.17) is 24.0 Å². The van der Waals surface area contributed by atoms with Crippen molar-refractivity contribution < 1.29 is 18.8 Å². The van der Waals surface area contributed by atoms with Crippen LogP contribution >= 0.6 is 0 Å². The SMILES string of the molecule is C[C@H](Oc1nc(-c2noc3c2CCC[C@@]32CCCCC2=O)nc2c1CN(c1ncccn1)C21CCOC1)[C@@H]1CCCN1C. The maximum absolute atomic E-state index is 13.3. The van der Waals surface area contributed by atoms with Gasteiger partial charge in [0.25, 0.3) is 0 Å². The Morgan fingerprint density at radius 3 is 2.67 bits per heavy atom. The normalized spacial score (nSPS) is 29.4. The predicted octanol–water partition coefficient (Wildman–Crippen LogP) is 4.14. The van der Waals surface area contributed by atoms with Gasteiger partial charge in [0.05, 0.1) is 29.8 Å². The van der Waals surface area contributed by atoms with Crippen LogP contribution in [0.2, 0.25) is 0 Å². The van der Waals surface area contributed by atoms with Crippen LogP contribution in [0.25, 0.3) is 11.5 Å². The minimum Gasteiger partial charge on any atom is -0.473 e. The molecular weight excluding hydrogens is 546 g/mol. The molecule has 5 aliphatic rings. The average Bonchev–Trinajstić information content (AvgIpc) is 3.83. The van der Waals surface area contributed by atoms with Gasteiger partial charge >= 0.3 is 0 Å². The highest BCUT2D eigenvalue weighted by Gasteiger charge is 2.53. The first-order valence-corrected chi connectivity index (χ1v) is 15.9. The lowest BCUT2D eigenvalue weighted by Gasteiger charge is -2.36. The van der Waals surface area contributed by atoms with Crippen LogP contribution in [-0.4, -0.2) is 74.7 Å². The first-order valence-electron chi connectivity index (χ1n) is 15.9. The van der Waals surface area contributed by atoms with Gasteiger partial charge in [-0.2, -0.15) is 4.98 Å². The van der Waals surface area contributed by atoms with Gasteiger partial charge in [0.1, 0.15) is 17.4 Å². The Bertz CT molecular complexity index is 1540. The monoisotopic (exact) mass is 585 g/mol. The van der Waals surface area contributed by atoms with Crippen molar-refractivity contribution in [3.05, 3.63) is 41.0 Å². The van der Waals surface area contributed by atoms with Crippen LogP contribution in [-0.2, 0) is 33.5 Å². The quantitative estimate of drug-likeness (QED) is 0.430. The van der Waals surface area contributed by atoms with Crippen molar-refractivity contribution in [2.45, 2.75) is 101 Å². The molecule has 0 aromatic carbocycles. The fraction of sp³-hybridized carbons (Fsp3) is 0.625. The highest BCUT2D eigenvalue weighted by atomic mass is 16.5. The number of likely N-dealkylation sites (tertiary alicyclic amines) is 1. The van der Waals surface area contributed by atoms with E-state index in [2.05, 4.69) is 38.9 Å². The fourth-order valence-corrected chi connectivity index (χ4v) is 8.43. The number of carbonyl (C=O) groups is 1. The number of anilines is 1. The Hall–Kier alpha value is -3.44. The molecule has 11 heteroatoms. The van der Waals surface area contributed by atoms with Gasteiger partial charge in [0, 0.05) is 43.4 Å². The summed E-state index contributed by atoms with van der Waals surface area (Å²) in [5.74, 6) is 2.74. The number of aromatic nitrogens is 5. The van der Waals surface area contributed by atoms with Crippen LogP contribution in [0, 0.1) is 0 Å². The summed E-state index contributed by atoms with van der Waals surface area (Å²) in [6.45, 7) is 4.82. The number of Topliss-reactive ketones (excluding diaryl/α,β-unsaturated/α-hetero) is 1. The van der Waals surface area contributed by atoms with Crippen LogP contribution in [0.4, 0.5) is 5.95 Å². The van der Waals surface area contributed by atoms with Gasteiger partial charge in [-0.15, -0.1) is 0 Å². The summed E-state index contributed by atoms with van der Waals surface area (Å²) in [5.41, 5.74) is 2.36. The zero-order valence-electron chi connectivity index (χ0n) is 25.0. The summed E-state index contributed by atoms with van der Waals surface area (Å²) >= 11 is 0. The molecule has 43 heavy (non-hydrogen) atoms. The number of rotatable bonds is 5. The number of carbonyl (C=O) groups excluding carboxylic acids is 1. The number of hydrogen-bond acceptors (Lipinski definition) is 11. The summed E-state index contributed by atoms with van der Waals surface area (Å²) < 4.78 is 18.9. The second-order valence-corrected chi connectivity index (χ2v) is 13.1. The molecule has 11 nitrogen and oxygen atoms in total. The van der Waals surface area contributed by atoms with Crippen LogP contribution in [0.3, 0.4) is 0 Å². The number of ether oxygens (including phenoxy) is 2. The minimum absolute atomic E-state index is 0.0634. The van der Waals surface area contributed by atoms with Crippen LogP contribution in [0.15, 0.2) is 23.0 Å². The molecule has 0 N–H and O–H groups in total. The summed E-state index contributed by atoms with van der Waals surface area (Å²) in [5, 5.41) is 4.59. The van der Waals surface area contributed by atoms with Gasteiger partial charge in [0.2, 0.25) is 11.8 Å². The van der Waals surface area contributed by atoms with E-state index >= 15 is 0 Å². The molecule has 0 bridgehead atoms.